The maximum atomic E-state index is 13.4. The van der Waals surface area contributed by atoms with Gasteiger partial charge >= 0.3 is 5.97 Å². The highest BCUT2D eigenvalue weighted by Gasteiger charge is 2.36. The Morgan fingerprint density at radius 1 is 1.09 bits per heavy atom. The number of hydrogen-bond acceptors (Lipinski definition) is 6. The van der Waals surface area contributed by atoms with Crippen LogP contribution in [0.1, 0.15) is 24.1 Å². The third kappa shape index (κ3) is 3.57. The first-order valence-corrected chi connectivity index (χ1v) is 10.7. The number of fused-ring (bicyclic) bond motifs is 3. The summed E-state index contributed by atoms with van der Waals surface area (Å²) in [7, 11) is 1.61. The number of phenols is 1. The molecule has 2 N–H and O–H groups in total. The van der Waals surface area contributed by atoms with Crippen LogP contribution in [-0.2, 0) is 9.53 Å². The van der Waals surface area contributed by atoms with Gasteiger partial charge in [0.1, 0.15) is 11.5 Å². The summed E-state index contributed by atoms with van der Waals surface area (Å²) in [4.78, 5) is 18.2. The molecule has 166 valence electrons. The Bertz CT molecular complexity index is 1370. The topological polar surface area (TPSA) is 85.6 Å². The summed E-state index contributed by atoms with van der Waals surface area (Å²) in [5.41, 5.74) is 4.24. The first-order valence-electron chi connectivity index (χ1n) is 10.7. The van der Waals surface area contributed by atoms with Crippen molar-refractivity contribution in [3.05, 3.63) is 89.5 Å². The second-order valence-corrected chi connectivity index (χ2v) is 7.65. The molecule has 2 heterocycles. The third-order valence-electron chi connectivity index (χ3n) is 5.69. The molecule has 0 fully saturated rings. The fourth-order valence-corrected chi connectivity index (χ4v) is 4.26. The molecular formula is C26H23N3O4. The first-order chi connectivity index (χ1) is 16.1. The maximum Gasteiger partial charge on any atom is 0.338 e. The normalized spacial score (nSPS) is 15.2. The lowest BCUT2D eigenvalue weighted by Gasteiger charge is -2.31. The van der Waals surface area contributed by atoms with Gasteiger partial charge in [0.05, 0.1) is 42.1 Å². The Labute approximate surface area is 190 Å². The Hall–Kier alpha value is -4.26. The molecule has 0 saturated heterocycles. The molecule has 7 heteroatoms. The van der Waals surface area contributed by atoms with E-state index in [9.17, 15) is 9.90 Å². The molecule has 7 nitrogen and oxygen atoms in total. The number of benzene rings is 3. The minimum absolute atomic E-state index is 0.117. The number of phenolic OH excluding ortho intramolecular Hbond substituents is 1. The lowest BCUT2D eigenvalue weighted by Crippen LogP contribution is -2.29. The van der Waals surface area contributed by atoms with Crippen LogP contribution in [-0.4, -0.2) is 34.3 Å². The summed E-state index contributed by atoms with van der Waals surface area (Å²) < 4.78 is 12.8. The van der Waals surface area contributed by atoms with Crippen molar-refractivity contribution in [3.63, 3.8) is 0 Å². The van der Waals surface area contributed by atoms with Gasteiger partial charge in [0.15, 0.2) is 0 Å². The molecule has 1 unspecified atom stereocenters. The number of rotatable bonds is 5. The number of hydrogen-bond donors (Lipinski definition) is 2. The molecule has 0 saturated carbocycles. The molecule has 1 aromatic heterocycles. The van der Waals surface area contributed by atoms with Crippen LogP contribution in [0.4, 0.5) is 5.95 Å². The van der Waals surface area contributed by atoms with Crippen LogP contribution >= 0.6 is 0 Å². The van der Waals surface area contributed by atoms with Gasteiger partial charge in [0.2, 0.25) is 5.95 Å². The smallest absolute Gasteiger partial charge is 0.338 e. The number of para-hydroxylation sites is 2. The van der Waals surface area contributed by atoms with Gasteiger partial charge in [-0.05, 0) is 66.6 Å². The summed E-state index contributed by atoms with van der Waals surface area (Å²) >= 11 is 0. The maximum absolute atomic E-state index is 13.4. The van der Waals surface area contributed by atoms with E-state index in [1.165, 1.54) is 0 Å². The van der Waals surface area contributed by atoms with Crippen molar-refractivity contribution in [1.29, 1.82) is 0 Å². The Morgan fingerprint density at radius 3 is 2.61 bits per heavy atom. The van der Waals surface area contributed by atoms with Crippen LogP contribution in [0.25, 0.3) is 16.7 Å². The molecule has 33 heavy (non-hydrogen) atoms. The number of carbonyl (C=O) groups is 1. The quantitative estimate of drug-likeness (QED) is 0.435. The van der Waals surface area contributed by atoms with Crippen LogP contribution in [0.2, 0.25) is 0 Å². The van der Waals surface area contributed by atoms with Crippen molar-refractivity contribution in [2.75, 3.05) is 19.0 Å². The SMILES string of the molecule is CCOC(=O)C1=C(c2ccc(OC)cc2)Nc2nc3ccccc3n2C1c1cccc(O)c1. The van der Waals surface area contributed by atoms with Crippen LogP contribution in [0, 0.1) is 0 Å². The zero-order chi connectivity index (χ0) is 22.9. The molecule has 5 rings (SSSR count). The Morgan fingerprint density at radius 2 is 1.88 bits per heavy atom. The van der Waals surface area contributed by atoms with Crippen molar-refractivity contribution in [1.82, 2.24) is 9.55 Å². The second kappa shape index (κ2) is 8.35. The highest BCUT2D eigenvalue weighted by Crippen LogP contribution is 2.43. The summed E-state index contributed by atoms with van der Waals surface area (Å²) in [5.74, 6) is 0.992. The highest BCUT2D eigenvalue weighted by atomic mass is 16.5. The fraction of sp³-hybridized carbons (Fsp3) is 0.154. The number of methoxy groups -OCH3 is 1. The van der Waals surface area contributed by atoms with Crippen molar-refractivity contribution >= 4 is 28.6 Å². The zero-order valence-corrected chi connectivity index (χ0v) is 18.3. The Balaban J connectivity index is 1.81. The average Bonchev–Trinajstić information content (AvgIpc) is 3.21. The van der Waals surface area contributed by atoms with E-state index in [1.54, 1.807) is 32.2 Å². The molecule has 0 amide bonds. The van der Waals surface area contributed by atoms with E-state index < -0.39 is 12.0 Å². The number of ether oxygens (including phenoxy) is 2. The number of esters is 1. The number of nitrogens with one attached hydrogen (secondary N) is 1. The number of aromatic hydroxyl groups is 1. The van der Waals surface area contributed by atoms with E-state index in [0.717, 1.165) is 22.2 Å². The van der Waals surface area contributed by atoms with Gasteiger partial charge in [-0.3, -0.25) is 4.57 Å². The van der Waals surface area contributed by atoms with E-state index >= 15 is 0 Å². The van der Waals surface area contributed by atoms with Crippen molar-refractivity contribution in [3.8, 4) is 11.5 Å². The van der Waals surface area contributed by atoms with E-state index in [2.05, 4.69) is 5.32 Å². The van der Waals surface area contributed by atoms with Crippen LogP contribution in [0.3, 0.4) is 0 Å². The van der Waals surface area contributed by atoms with Gasteiger partial charge in [-0.15, -0.1) is 0 Å². The molecule has 1 atom stereocenters. The van der Waals surface area contributed by atoms with E-state index in [0.29, 0.717) is 23.0 Å². The zero-order valence-electron chi connectivity index (χ0n) is 18.3. The van der Waals surface area contributed by atoms with Gasteiger partial charge < -0.3 is 19.9 Å². The minimum Gasteiger partial charge on any atom is -0.508 e. The first kappa shape index (κ1) is 20.6. The molecule has 3 aromatic carbocycles. The van der Waals surface area contributed by atoms with Gasteiger partial charge in [-0.2, -0.15) is 0 Å². The molecule has 0 radical (unpaired) electrons. The molecule has 0 aliphatic carbocycles. The predicted octanol–water partition coefficient (Wildman–Crippen LogP) is 4.74. The second-order valence-electron chi connectivity index (χ2n) is 7.65. The predicted molar refractivity (Wildman–Crippen MR) is 126 cm³/mol. The monoisotopic (exact) mass is 441 g/mol. The van der Waals surface area contributed by atoms with Gasteiger partial charge in [0.25, 0.3) is 0 Å². The minimum atomic E-state index is -0.558. The molecular weight excluding hydrogens is 418 g/mol. The van der Waals surface area contributed by atoms with E-state index in [4.69, 9.17) is 14.5 Å². The number of imidazole rings is 1. The lowest BCUT2D eigenvalue weighted by molar-refractivity contribution is -0.138. The van der Waals surface area contributed by atoms with Gasteiger partial charge in [-0.25, -0.2) is 9.78 Å². The standard InChI is InChI=1S/C26H23N3O4/c1-3-33-25(31)22-23(16-11-13-19(32-2)14-12-16)28-26-27-20-9-4-5-10-21(20)29(26)24(22)17-7-6-8-18(30)15-17/h4-15,24,30H,3H2,1-2H3,(H,27,28). The van der Waals surface area contributed by atoms with Gasteiger partial charge in [-0.1, -0.05) is 24.3 Å². The molecule has 4 aromatic rings. The number of carbonyl (C=O) groups excluding carboxylic acids is 1. The summed E-state index contributed by atoms with van der Waals surface area (Å²) in [6, 6.07) is 21.6. The van der Waals surface area contributed by atoms with Gasteiger partial charge in [0, 0.05) is 0 Å². The highest BCUT2D eigenvalue weighted by molar-refractivity contribution is 6.03. The van der Waals surface area contributed by atoms with Crippen molar-refractivity contribution < 1.29 is 19.4 Å². The largest absolute Gasteiger partial charge is 0.508 e. The Kier molecular flexibility index (Phi) is 5.22. The number of anilines is 1. The summed E-state index contributed by atoms with van der Waals surface area (Å²) in [6.07, 6.45) is 0. The van der Waals surface area contributed by atoms with Crippen LogP contribution in [0.15, 0.2) is 78.4 Å². The fourth-order valence-electron chi connectivity index (χ4n) is 4.26. The number of aromatic nitrogens is 2. The number of nitrogens with zero attached hydrogens (tertiary/aromatic N) is 2. The third-order valence-corrected chi connectivity index (χ3v) is 5.69. The average molecular weight is 441 g/mol. The summed E-state index contributed by atoms with van der Waals surface area (Å²) in [6.45, 7) is 2.02. The molecule has 0 bridgehead atoms. The summed E-state index contributed by atoms with van der Waals surface area (Å²) in [5, 5.41) is 13.6. The van der Waals surface area contributed by atoms with E-state index in [-0.39, 0.29) is 12.4 Å². The molecule has 1 aliphatic rings. The van der Waals surface area contributed by atoms with E-state index in [1.807, 2.05) is 59.2 Å². The lowest BCUT2D eigenvalue weighted by atomic mass is 9.92. The van der Waals surface area contributed by atoms with Crippen LogP contribution in [0.5, 0.6) is 11.5 Å². The van der Waals surface area contributed by atoms with Crippen LogP contribution < -0.4 is 10.1 Å². The van der Waals surface area contributed by atoms with Crippen molar-refractivity contribution in [2.24, 2.45) is 0 Å². The molecule has 1 aliphatic heterocycles. The molecule has 0 spiro atoms. The van der Waals surface area contributed by atoms with Crippen molar-refractivity contribution in [2.45, 2.75) is 13.0 Å².